The fourth-order valence-corrected chi connectivity index (χ4v) is 4.31. The van der Waals surface area contributed by atoms with Gasteiger partial charge in [0.05, 0.1) is 26.9 Å². The summed E-state index contributed by atoms with van der Waals surface area (Å²) in [5, 5.41) is 5.82. The number of hydrogen-bond acceptors (Lipinski definition) is 8. The molecule has 0 saturated carbocycles. The molecule has 1 aliphatic heterocycles. The third kappa shape index (κ3) is 5.34. The van der Waals surface area contributed by atoms with Crippen molar-refractivity contribution in [3.8, 4) is 28.9 Å². The smallest absolute Gasteiger partial charge is 0.280 e. The third-order valence-corrected chi connectivity index (χ3v) is 6.22. The lowest BCUT2D eigenvalue weighted by molar-refractivity contribution is -0.120. The zero-order chi connectivity index (χ0) is 32.1. The Bertz CT molecular complexity index is 1870. The van der Waals surface area contributed by atoms with Crippen molar-refractivity contribution in [2.75, 3.05) is 13.2 Å². The monoisotopic (exact) mass is 610 g/mol. The van der Waals surface area contributed by atoms with Gasteiger partial charge in [-0.3, -0.25) is 14.6 Å². The van der Waals surface area contributed by atoms with Crippen molar-refractivity contribution in [2.45, 2.75) is 32.9 Å². The molecule has 5 heterocycles. The summed E-state index contributed by atoms with van der Waals surface area (Å²) in [6, 6.07) is 1.35. The molecule has 42 heavy (non-hydrogen) atoms. The number of hydrogen-bond donors (Lipinski definition) is 1. The van der Waals surface area contributed by atoms with Crippen LogP contribution in [0.2, 0.25) is 5.02 Å². The first kappa shape index (κ1) is 26.3. The van der Waals surface area contributed by atoms with E-state index in [0.717, 1.165) is 23.1 Å². The molecule has 0 bridgehead atoms. The lowest BCUT2D eigenvalue weighted by Gasteiger charge is -2.23. The van der Waals surface area contributed by atoms with Gasteiger partial charge in [0.2, 0.25) is 11.8 Å². The Morgan fingerprint density at radius 1 is 1.17 bits per heavy atom. The Morgan fingerprint density at radius 3 is 2.62 bits per heavy atom. The number of pyridine rings is 3. The molecule has 4 aromatic heterocycles. The van der Waals surface area contributed by atoms with E-state index in [-0.39, 0.29) is 24.7 Å². The predicted octanol–water partition coefficient (Wildman–Crippen LogP) is 3.74. The number of carbonyl (C=O) groups is 1. The van der Waals surface area contributed by atoms with Crippen LogP contribution in [0.1, 0.15) is 34.9 Å². The van der Waals surface area contributed by atoms with Crippen LogP contribution in [0.15, 0.2) is 35.5 Å². The number of rotatable bonds is 6. The molecule has 11 nitrogen and oxygen atoms in total. The van der Waals surface area contributed by atoms with Gasteiger partial charge in [-0.1, -0.05) is 11.6 Å². The first-order chi connectivity index (χ1) is 20.6. The highest BCUT2D eigenvalue weighted by Gasteiger charge is 2.32. The van der Waals surface area contributed by atoms with Crippen LogP contribution in [0.25, 0.3) is 11.5 Å². The second-order valence-corrected chi connectivity index (χ2v) is 9.75. The van der Waals surface area contributed by atoms with E-state index < -0.39 is 80.7 Å². The van der Waals surface area contributed by atoms with Gasteiger partial charge in [0, 0.05) is 19.1 Å². The minimum atomic E-state index is -3.05. The Balaban J connectivity index is 1.63. The van der Waals surface area contributed by atoms with Gasteiger partial charge in [-0.25, -0.2) is 31.8 Å². The third-order valence-electron chi connectivity index (χ3n) is 5.87. The molecule has 0 fully saturated rings. The highest BCUT2D eigenvalue weighted by Crippen LogP contribution is 2.36. The molecular weight excluding hydrogens is 588 g/mol. The summed E-state index contributed by atoms with van der Waals surface area (Å²) in [6.07, 6.45) is 2.46. The normalized spacial score (nSPS) is 13.8. The van der Waals surface area contributed by atoms with E-state index in [1.165, 1.54) is 20.8 Å². The first-order valence-electron chi connectivity index (χ1n) is 13.1. The van der Waals surface area contributed by atoms with Crippen molar-refractivity contribution < 1.29 is 39.3 Å². The summed E-state index contributed by atoms with van der Waals surface area (Å²) >= 11 is 6.24. The maximum Gasteiger partial charge on any atom is 0.280 e. The van der Waals surface area contributed by atoms with Crippen molar-refractivity contribution >= 4 is 17.5 Å². The highest BCUT2D eigenvalue weighted by molar-refractivity contribution is 6.31. The zero-order valence-corrected chi connectivity index (χ0v) is 22.7. The van der Waals surface area contributed by atoms with Gasteiger partial charge in [0.25, 0.3) is 5.56 Å². The van der Waals surface area contributed by atoms with Gasteiger partial charge in [0.15, 0.2) is 29.0 Å². The molecule has 220 valence electrons. The summed E-state index contributed by atoms with van der Waals surface area (Å²) in [5.41, 5.74) is -4.19. The topological polar surface area (TPSA) is 122 Å². The number of aromatic nitrogens is 5. The lowest BCUT2D eigenvalue weighted by atomic mass is 10.0. The molecule has 16 heteroatoms. The number of nitrogens with one attached hydrogen (secondary N) is 1. The molecule has 0 radical (unpaired) electrons. The summed E-state index contributed by atoms with van der Waals surface area (Å²) in [4.78, 5) is 32.5. The van der Waals surface area contributed by atoms with E-state index in [0.29, 0.717) is 16.8 Å². The van der Waals surface area contributed by atoms with E-state index in [9.17, 15) is 22.8 Å². The summed E-state index contributed by atoms with van der Waals surface area (Å²) < 4.78 is 92.8. The number of nitrogens with zero attached hydrogens (tertiary/aromatic N) is 5. The average Bonchev–Trinajstić information content (AvgIpc) is 3.30. The highest BCUT2D eigenvalue weighted by atomic mass is 35.5. The van der Waals surface area contributed by atoms with Crippen LogP contribution >= 0.6 is 11.6 Å². The molecule has 1 amide bonds. The Hall–Kier alpha value is -4.66. The molecular formula is C26H21ClF4N6O5. The van der Waals surface area contributed by atoms with Crippen LogP contribution in [0.5, 0.6) is 17.4 Å². The van der Waals surface area contributed by atoms with Gasteiger partial charge >= 0.3 is 0 Å². The number of halogens is 5. The van der Waals surface area contributed by atoms with Crippen molar-refractivity contribution in [1.82, 2.24) is 29.6 Å². The SMILES string of the molecule is [2H]C([2H])(Oc1cc2n(c(=O)c1Cl)-c1c(cnc(-n3cc(F)c(C(C)(C)NC(C)=O)n3)c1F)OCCO2)c1ncc(F)cc1F. The molecule has 0 atom stereocenters. The van der Waals surface area contributed by atoms with Crippen LogP contribution in [-0.4, -0.2) is 43.4 Å². The van der Waals surface area contributed by atoms with Gasteiger partial charge in [-0.05, 0) is 13.8 Å². The lowest BCUT2D eigenvalue weighted by Crippen LogP contribution is -2.40. The summed E-state index contributed by atoms with van der Waals surface area (Å²) in [7, 11) is 0. The minimum Gasteiger partial charge on any atom is -0.486 e. The molecule has 0 unspecified atom stereocenters. The van der Waals surface area contributed by atoms with Crippen LogP contribution in [0.4, 0.5) is 17.6 Å². The molecule has 0 saturated heterocycles. The van der Waals surface area contributed by atoms with E-state index >= 15 is 4.39 Å². The molecule has 1 aliphatic rings. The maximum atomic E-state index is 16.2. The molecule has 0 aliphatic carbocycles. The standard InChI is InChI=1S/C26H21ClF4N6O5/c1-12(38)34-26(2,3)23-15(30)10-36(35-23)24-21(31)22-18(9-33-24)40-4-5-41-19-7-17(20(27)25(39)37(19)22)42-11-16-14(29)6-13(28)8-32-16/h6-10H,4-5,11H2,1-3H3,(H,34,38)/i11D2. The van der Waals surface area contributed by atoms with Crippen molar-refractivity contribution in [3.05, 3.63) is 80.8 Å². The fourth-order valence-electron chi connectivity index (χ4n) is 4.14. The molecule has 4 aromatic rings. The number of amides is 1. The quantitative estimate of drug-likeness (QED) is 0.328. The molecule has 1 N–H and O–H groups in total. The van der Waals surface area contributed by atoms with E-state index in [1.54, 1.807) is 0 Å². The van der Waals surface area contributed by atoms with E-state index in [1.807, 2.05) is 0 Å². The predicted molar refractivity (Wildman–Crippen MR) is 138 cm³/mol. The number of fused-ring (bicyclic) bond motifs is 3. The van der Waals surface area contributed by atoms with Crippen molar-refractivity contribution in [3.63, 3.8) is 0 Å². The number of ether oxygens (including phenoxy) is 3. The Kier molecular flexibility index (Phi) is 6.85. The van der Waals surface area contributed by atoms with E-state index in [2.05, 4.69) is 20.4 Å². The second kappa shape index (κ2) is 11.0. The molecule has 0 spiro atoms. The van der Waals surface area contributed by atoms with Crippen molar-refractivity contribution in [2.24, 2.45) is 0 Å². The van der Waals surface area contributed by atoms with Crippen LogP contribution in [0.3, 0.4) is 0 Å². The van der Waals surface area contributed by atoms with Crippen LogP contribution in [0, 0.1) is 23.3 Å². The second-order valence-electron chi connectivity index (χ2n) is 9.37. The van der Waals surface area contributed by atoms with Crippen LogP contribution < -0.4 is 25.1 Å². The maximum absolute atomic E-state index is 16.2. The zero-order valence-electron chi connectivity index (χ0n) is 24.0. The average molecular weight is 611 g/mol. The minimum absolute atomic E-state index is 0.155. The Labute approximate surface area is 242 Å². The first-order valence-corrected chi connectivity index (χ1v) is 12.4. The van der Waals surface area contributed by atoms with Crippen molar-refractivity contribution in [1.29, 1.82) is 0 Å². The summed E-state index contributed by atoms with van der Waals surface area (Å²) in [6.45, 7) is 0.816. The van der Waals surface area contributed by atoms with Crippen LogP contribution in [-0.2, 0) is 16.9 Å². The van der Waals surface area contributed by atoms with Gasteiger partial charge in [0.1, 0.15) is 53.4 Å². The van der Waals surface area contributed by atoms with E-state index in [4.69, 9.17) is 28.6 Å². The largest absolute Gasteiger partial charge is 0.486 e. The molecule has 0 aromatic carbocycles. The number of carbonyl (C=O) groups excluding carboxylic acids is 1. The van der Waals surface area contributed by atoms with Gasteiger partial charge in [-0.15, -0.1) is 0 Å². The van der Waals surface area contributed by atoms with Gasteiger partial charge < -0.3 is 19.5 Å². The summed E-state index contributed by atoms with van der Waals surface area (Å²) in [5.74, 6) is -6.82. The Morgan fingerprint density at radius 2 is 1.90 bits per heavy atom. The molecule has 5 rings (SSSR count). The fraction of sp³-hybridized carbons (Fsp3) is 0.269. The van der Waals surface area contributed by atoms with Gasteiger partial charge in [-0.2, -0.15) is 5.10 Å².